The fourth-order valence-electron chi connectivity index (χ4n) is 2.13. The molecule has 0 amide bonds. The van der Waals surface area contributed by atoms with Crippen LogP contribution in [-0.2, 0) is 13.1 Å². The summed E-state index contributed by atoms with van der Waals surface area (Å²) in [6.07, 6.45) is 8.27. The first kappa shape index (κ1) is 19.3. The average molecular weight is 346 g/mol. The van der Waals surface area contributed by atoms with Crippen molar-refractivity contribution in [1.82, 2.24) is 19.1 Å². The van der Waals surface area contributed by atoms with E-state index in [1.165, 1.54) is 46.6 Å². The van der Waals surface area contributed by atoms with Crippen molar-refractivity contribution in [3.05, 3.63) is 71.8 Å². The van der Waals surface area contributed by atoms with E-state index in [-0.39, 0.29) is 24.0 Å². The van der Waals surface area contributed by atoms with Gasteiger partial charge in [0.15, 0.2) is 23.3 Å². The van der Waals surface area contributed by atoms with Crippen LogP contribution in [0.4, 0.5) is 17.6 Å². The molecule has 0 radical (unpaired) electrons. The highest BCUT2D eigenvalue weighted by Gasteiger charge is 2.25. The minimum Gasteiger partial charge on any atom is -0.412 e. The maximum atomic E-state index is 14.1. The Hall–Kier alpha value is -2.72. The minimum atomic E-state index is -1.40. The first-order chi connectivity index (χ1) is 10.6. The lowest BCUT2D eigenvalue weighted by atomic mass is 10.1. The average Bonchev–Trinajstić information content (AvgIpc) is 3.19. The molecule has 24 heavy (non-hydrogen) atoms. The molecule has 0 unspecified atom stereocenters. The summed E-state index contributed by atoms with van der Waals surface area (Å²) < 4.78 is 59.0. The Morgan fingerprint density at radius 3 is 1.25 bits per heavy atom. The Morgan fingerprint density at radius 1 is 0.667 bits per heavy atom. The third-order valence-electron chi connectivity index (χ3n) is 3.24. The number of hydrogen-bond donors (Lipinski definition) is 0. The third kappa shape index (κ3) is 3.44. The van der Waals surface area contributed by atoms with E-state index in [0.717, 1.165) is 0 Å². The van der Waals surface area contributed by atoms with Gasteiger partial charge in [-0.25, -0.2) is 27.5 Å². The molecule has 0 aliphatic heterocycles. The fraction of sp³-hybridized carbons (Fsp3) is 0.143. The third-order valence-corrected chi connectivity index (χ3v) is 3.24. The second kappa shape index (κ2) is 7.70. The van der Waals surface area contributed by atoms with Crippen molar-refractivity contribution in [3.63, 3.8) is 0 Å². The largest absolute Gasteiger partial charge is 0.412 e. The van der Waals surface area contributed by atoms with Crippen molar-refractivity contribution in [2.24, 2.45) is 0 Å². The number of benzene rings is 1. The standard InChI is InChI=1S/C14H10F4N4.2H2O/c15-11-9(5-21-3-1-19-7-21)12(16)14(18)10(13(11)17)6-22-4-2-20-8-22;;/h1-4,7-8H,5-6H2;2*1H2. The lowest BCUT2D eigenvalue weighted by Gasteiger charge is -2.12. The van der Waals surface area contributed by atoms with Crippen LogP contribution in [0.2, 0.25) is 0 Å². The van der Waals surface area contributed by atoms with E-state index < -0.39 is 34.4 Å². The normalized spacial score (nSPS) is 10.2. The number of imidazole rings is 2. The van der Waals surface area contributed by atoms with Gasteiger partial charge in [-0.05, 0) is 0 Å². The van der Waals surface area contributed by atoms with Crippen LogP contribution >= 0.6 is 0 Å². The molecule has 130 valence electrons. The van der Waals surface area contributed by atoms with Crippen molar-refractivity contribution in [3.8, 4) is 0 Å². The predicted molar refractivity (Wildman–Crippen MR) is 76.2 cm³/mol. The smallest absolute Gasteiger partial charge is 0.167 e. The van der Waals surface area contributed by atoms with E-state index in [1.54, 1.807) is 0 Å². The summed E-state index contributed by atoms with van der Waals surface area (Å²) in [6, 6.07) is 0. The van der Waals surface area contributed by atoms with Gasteiger partial charge >= 0.3 is 0 Å². The Balaban J connectivity index is 0.00000144. The van der Waals surface area contributed by atoms with Crippen LogP contribution in [0.15, 0.2) is 37.4 Å². The molecule has 0 bridgehead atoms. The fourth-order valence-corrected chi connectivity index (χ4v) is 2.13. The zero-order valence-corrected chi connectivity index (χ0v) is 12.2. The first-order valence-corrected chi connectivity index (χ1v) is 6.33. The molecule has 10 heteroatoms. The molecular formula is C14H14F4N4O2. The highest BCUT2D eigenvalue weighted by Crippen LogP contribution is 2.25. The van der Waals surface area contributed by atoms with Gasteiger partial charge in [0.1, 0.15) is 0 Å². The SMILES string of the molecule is Fc1c(F)c(Cn2ccnc2)c(F)c(F)c1Cn1ccnc1.O.O. The van der Waals surface area contributed by atoms with E-state index in [2.05, 4.69) is 9.97 Å². The van der Waals surface area contributed by atoms with Crippen molar-refractivity contribution in [2.75, 3.05) is 0 Å². The molecule has 0 atom stereocenters. The maximum Gasteiger partial charge on any atom is 0.167 e. The predicted octanol–water partition coefficient (Wildman–Crippen LogP) is 1.08. The van der Waals surface area contributed by atoms with Crippen molar-refractivity contribution in [1.29, 1.82) is 0 Å². The summed E-state index contributed by atoms with van der Waals surface area (Å²) >= 11 is 0. The molecule has 3 rings (SSSR count). The summed E-state index contributed by atoms with van der Waals surface area (Å²) in [4.78, 5) is 7.42. The molecule has 0 saturated carbocycles. The number of nitrogens with zero attached hydrogens (tertiary/aromatic N) is 4. The monoisotopic (exact) mass is 346 g/mol. The molecule has 0 aliphatic carbocycles. The molecule has 0 spiro atoms. The summed E-state index contributed by atoms with van der Waals surface area (Å²) in [5.74, 6) is -5.60. The number of rotatable bonds is 4. The van der Waals surface area contributed by atoms with E-state index in [9.17, 15) is 17.6 Å². The topological polar surface area (TPSA) is 98.6 Å². The lowest BCUT2D eigenvalue weighted by Crippen LogP contribution is -2.13. The van der Waals surface area contributed by atoms with E-state index in [1.807, 2.05) is 0 Å². The maximum absolute atomic E-state index is 14.1. The number of halogens is 4. The van der Waals surface area contributed by atoms with Gasteiger partial charge in [-0.3, -0.25) is 0 Å². The van der Waals surface area contributed by atoms with E-state index >= 15 is 0 Å². The van der Waals surface area contributed by atoms with Gasteiger partial charge in [-0.15, -0.1) is 0 Å². The van der Waals surface area contributed by atoms with Crippen LogP contribution in [0.25, 0.3) is 0 Å². The number of hydrogen-bond acceptors (Lipinski definition) is 2. The summed E-state index contributed by atoms with van der Waals surface area (Å²) in [6.45, 7) is -0.701. The second-order valence-corrected chi connectivity index (χ2v) is 4.68. The van der Waals surface area contributed by atoms with Gasteiger partial charge in [-0.1, -0.05) is 0 Å². The van der Waals surface area contributed by atoms with Crippen molar-refractivity contribution >= 4 is 0 Å². The van der Waals surface area contributed by atoms with Gasteiger partial charge in [0.05, 0.1) is 25.7 Å². The highest BCUT2D eigenvalue weighted by atomic mass is 19.2. The van der Waals surface area contributed by atoms with Gasteiger partial charge in [-0.2, -0.15) is 0 Å². The van der Waals surface area contributed by atoms with Crippen LogP contribution < -0.4 is 0 Å². The molecule has 0 fully saturated rings. The molecule has 0 saturated heterocycles. The lowest BCUT2D eigenvalue weighted by molar-refractivity contribution is 0.418. The molecule has 4 N–H and O–H groups in total. The van der Waals surface area contributed by atoms with E-state index in [0.29, 0.717) is 0 Å². The molecule has 2 heterocycles. The first-order valence-electron chi connectivity index (χ1n) is 6.33. The van der Waals surface area contributed by atoms with Gasteiger partial charge < -0.3 is 20.1 Å². The number of aromatic nitrogens is 4. The summed E-state index contributed by atoms with van der Waals surface area (Å²) in [7, 11) is 0. The molecule has 2 aromatic heterocycles. The Morgan fingerprint density at radius 2 is 1.00 bits per heavy atom. The molecule has 0 aliphatic rings. The molecule has 6 nitrogen and oxygen atoms in total. The van der Waals surface area contributed by atoms with Crippen LogP contribution in [0.1, 0.15) is 11.1 Å². The molecule has 1 aromatic carbocycles. The van der Waals surface area contributed by atoms with Crippen LogP contribution in [0.3, 0.4) is 0 Å². The highest BCUT2D eigenvalue weighted by molar-refractivity contribution is 5.30. The van der Waals surface area contributed by atoms with Crippen LogP contribution in [0.5, 0.6) is 0 Å². The minimum absolute atomic E-state index is 0. The van der Waals surface area contributed by atoms with Crippen LogP contribution in [-0.4, -0.2) is 30.1 Å². The van der Waals surface area contributed by atoms with E-state index in [4.69, 9.17) is 0 Å². The van der Waals surface area contributed by atoms with Crippen molar-refractivity contribution < 1.29 is 28.5 Å². The zero-order valence-electron chi connectivity index (χ0n) is 12.2. The Kier molecular flexibility index (Phi) is 6.20. The van der Waals surface area contributed by atoms with Gasteiger partial charge in [0.25, 0.3) is 0 Å². The van der Waals surface area contributed by atoms with Crippen molar-refractivity contribution in [2.45, 2.75) is 13.1 Å². The quantitative estimate of drug-likeness (QED) is 0.522. The van der Waals surface area contributed by atoms with Gasteiger partial charge in [0.2, 0.25) is 0 Å². The molecular weight excluding hydrogens is 332 g/mol. The second-order valence-electron chi connectivity index (χ2n) is 4.68. The Labute approximate surface area is 133 Å². The zero-order chi connectivity index (χ0) is 15.7. The Bertz CT molecular complexity index is 695. The summed E-state index contributed by atoms with van der Waals surface area (Å²) in [5, 5.41) is 0. The van der Waals surface area contributed by atoms with Gasteiger partial charge in [0, 0.05) is 35.9 Å². The summed E-state index contributed by atoms with van der Waals surface area (Å²) in [5.41, 5.74) is -1.36. The molecule has 3 aromatic rings. The van der Waals surface area contributed by atoms with Crippen LogP contribution in [0, 0.1) is 23.3 Å².